The number of rotatable bonds is 6. The highest BCUT2D eigenvalue weighted by atomic mass is 35.5. The highest BCUT2D eigenvalue weighted by Gasteiger charge is 2.17. The Labute approximate surface area is 181 Å². The van der Waals surface area contributed by atoms with Gasteiger partial charge < -0.3 is 14.9 Å². The lowest BCUT2D eigenvalue weighted by Crippen LogP contribution is -2.22. The fourth-order valence-electron chi connectivity index (χ4n) is 2.89. The molecule has 1 atom stereocenters. The van der Waals surface area contributed by atoms with Gasteiger partial charge in [0.05, 0.1) is 0 Å². The molecular weight excluding hydrogens is 437 g/mol. The summed E-state index contributed by atoms with van der Waals surface area (Å²) in [5, 5.41) is 19.6. The van der Waals surface area contributed by atoms with Gasteiger partial charge in [0.15, 0.2) is 6.10 Å². The molecule has 1 unspecified atom stereocenters. The van der Waals surface area contributed by atoms with Crippen LogP contribution < -0.4 is 4.74 Å². The van der Waals surface area contributed by atoms with Crippen LogP contribution in [0.15, 0.2) is 48.5 Å². The minimum absolute atomic E-state index is 0.0550. The fraction of sp³-hybridized carbons (Fsp3) is 0.136. The van der Waals surface area contributed by atoms with E-state index in [1.807, 2.05) is 0 Å². The van der Waals surface area contributed by atoms with Gasteiger partial charge in [0.1, 0.15) is 23.1 Å². The van der Waals surface area contributed by atoms with E-state index in [9.17, 15) is 18.7 Å². The van der Waals surface area contributed by atoms with Crippen LogP contribution in [0.5, 0.6) is 11.5 Å². The summed E-state index contributed by atoms with van der Waals surface area (Å²) in [4.78, 5) is 10.9. The highest BCUT2D eigenvalue weighted by Crippen LogP contribution is 2.36. The maximum Gasteiger partial charge on any atom is 0.344 e. The SMILES string of the molecule is CC(Oc1cc(Cl)c(Cc2ccc(O)c(-c3ccc(F)cc3F)c2)c(Cl)c1)C(=O)O. The van der Waals surface area contributed by atoms with E-state index in [-0.39, 0.29) is 39.1 Å². The summed E-state index contributed by atoms with van der Waals surface area (Å²) in [6.07, 6.45) is -0.823. The van der Waals surface area contributed by atoms with E-state index in [1.165, 1.54) is 31.2 Å². The number of benzene rings is 3. The van der Waals surface area contributed by atoms with E-state index < -0.39 is 23.7 Å². The first-order valence-electron chi connectivity index (χ1n) is 8.80. The Bertz CT molecular complexity index is 1100. The molecule has 4 nitrogen and oxygen atoms in total. The van der Waals surface area contributed by atoms with Gasteiger partial charge in [-0.2, -0.15) is 0 Å². The molecule has 0 radical (unpaired) electrons. The minimum Gasteiger partial charge on any atom is -0.507 e. The van der Waals surface area contributed by atoms with E-state index in [4.69, 9.17) is 33.0 Å². The number of carboxylic acid groups (broad SMARTS) is 1. The van der Waals surface area contributed by atoms with Crippen LogP contribution in [0.1, 0.15) is 18.1 Å². The first-order chi connectivity index (χ1) is 14.2. The zero-order valence-electron chi connectivity index (χ0n) is 15.6. The van der Waals surface area contributed by atoms with Gasteiger partial charge in [-0.3, -0.25) is 0 Å². The summed E-state index contributed by atoms with van der Waals surface area (Å²) in [5.74, 6) is -2.59. The van der Waals surface area contributed by atoms with Crippen LogP contribution in [0.3, 0.4) is 0 Å². The molecule has 30 heavy (non-hydrogen) atoms. The van der Waals surface area contributed by atoms with Crippen molar-refractivity contribution in [1.82, 2.24) is 0 Å². The molecular formula is C22H16Cl2F2O4. The van der Waals surface area contributed by atoms with Crippen molar-refractivity contribution in [3.63, 3.8) is 0 Å². The second-order valence-corrected chi connectivity index (χ2v) is 7.43. The van der Waals surface area contributed by atoms with E-state index in [2.05, 4.69) is 0 Å². The molecule has 0 aromatic heterocycles. The number of ether oxygens (including phenoxy) is 1. The Morgan fingerprint density at radius 2 is 1.70 bits per heavy atom. The number of phenols is 1. The van der Waals surface area contributed by atoms with Crippen LogP contribution in [0, 0.1) is 11.6 Å². The standard InChI is InChI=1S/C22H16Cl2F2O4/c1-11(22(28)29)30-14-9-18(23)17(19(24)10-14)7-12-2-5-21(27)16(6-12)15-4-3-13(25)8-20(15)26/h2-6,8-11,27H,7H2,1H3,(H,28,29). The smallest absolute Gasteiger partial charge is 0.344 e. The molecule has 0 bridgehead atoms. The van der Waals surface area contributed by atoms with Crippen molar-refractivity contribution in [2.75, 3.05) is 0 Å². The summed E-state index contributed by atoms with van der Waals surface area (Å²) in [6.45, 7) is 1.38. The third-order valence-electron chi connectivity index (χ3n) is 4.44. The van der Waals surface area contributed by atoms with Crippen LogP contribution in [0.25, 0.3) is 11.1 Å². The van der Waals surface area contributed by atoms with Gasteiger partial charge in [-0.05, 0) is 54.4 Å². The van der Waals surface area contributed by atoms with Crippen molar-refractivity contribution >= 4 is 29.2 Å². The molecule has 0 fully saturated rings. The zero-order chi connectivity index (χ0) is 22.0. The van der Waals surface area contributed by atoms with Crippen molar-refractivity contribution in [2.24, 2.45) is 0 Å². The van der Waals surface area contributed by atoms with Crippen LogP contribution in [0.2, 0.25) is 10.0 Å². The molecule has 0 aliphatic rings. The lowest BCUT2D eigenvalue weighted by atomic mass is 9.97. The van der Waals surface area contributed by atoms with Crippen LogP contribution in [-0.2, 0) is 11.2 Å². The number of carboxylic acids is 1. The highest BCUT2D eigenvalue weighted by molar-refractivity contribution is 6.36. The third kappa shape index (κ3) is 4.83. The minimum atomic E-state index is -1.13. The lowest BCUT2D eigenvalue weighted by molar-refractivity contribution is -0.144. The Kier molecular flexibility index (Phi) is 6.48. The number of aliphatic carboxylic acids is 1. The van der Waals surface area contributed by atoms with Gasteiger partial charge in [0.25, 0.3) is 0 Å². The second-order valence-electron chi connectivity index (χ2n) is 6.62. The Balaban J connectivity index is 1.92. The van der Waals surface area contributed by atoms with Crippen LogP contribution in [0.4, 0.5) is 8.78 Å². The molecule has 3 rings (SSSR count). The molecule has 0 saturated carbocycles. The van der Waals surface area contributed by atoms with Gasteiger partial charge in [0.2, 0.25) is 0 Å². The lowest BCUT2D eigenvalue weighted by Gasteiger charge is -2.14. The van der Waals surface area contributed by atoms with E-state index in [0.717, 1.165) is 12.1 Å². The predicted molar refractivity (Wildman–Crippen MR) is 110 cm³/mol. The first-order valence-corrected chi connectivity index (χ1v) is 9.56. The first kappa shape index (κ1) is 21.9. The van der Waals surface area contributed by atoms with Crippen molar-refractivity contribution in [2.45, 2.75) is 19.4 Å². The Morgan fingerprint density at radius 1 is 1.03 bits per heavy atom. The molecule has 8 heteroatoms. The molecule has 3 aromatic carbocycles. The molecule has 0 heterocycles. The molecule has 2 N–H and O–H groups in total. The molecule has 0 saturated heterocycles. The maximum atomic E-state index is 14.2. The summed E-state index contributed by atoms with van der Waals surface area (Å²) in [6, 6.07) is 10.6. The number of carbonyl (C=O) groups is 1. The van der Waals surface area contributed by atoms with Crippen LogP contribution >= 0.6 is 23.2 Å². The zero-order valence-corrected chi connectivity index (χ0v) is 17.1. The number of hydrogen-bond acceptors (Lipinski definition) is 3. The van der Waals surface area contributed by atoms with Crippen molar-refractivity contribution < 1.29 is 28.5 Å². The van der Waals surface area contributed by atoms with E-state index >= 15 is 0 Å². The van der Waals surface area contributed by atoms with Gasteiger partial charge in [0, 0.05) is 33.7 Å². The molecule has 3 aromatic rings. The summed E-state index contributed by atoms with van der Waals surface area (Å²) in [7, 11) is 0. The van der Waals surface area contributed by atoms with E-state index in [1.54, 1.807) is 12.1 Å². The van der Waals surface area contributed by atoms with Crippen molar-refractivity contribution in [3.05, 3.63) is 81.3 Å². The molecule has 0 aliphatic carbocycles. The molecule has 0 aliphatic heterocycles. The summed E-state index contributed by atoms with van der Waals surface area (Å²) >= 11 is 12.6. The van der Waals surface area contributed by atoms with E-state index in [0.29, 0.717) is 11.1 Å². The normalized spacial score (nSPS) is 11.9. The Morgan fingerprint density at radius 3 is 2.30 bits per heavy atom. The predicted octanol–water partition coefficient (Wildman–Crippen LogP) is 6.09. The van der Waals surface area contributed by atoms with Gasteiger partial charge in [-0.15, -0.1) is 0 Å². The number of aromatic hydroxyl groups is 1. The second kappa shape index (κ2) is 8.90. The van der Waals surface area contributed by atoms with Crippen molar-refractivity contribution in [3.8, 4) is 22.6 Å². The topological polar surface area (TPSA) is 66.8 Å². The largest absolute Gasteiger partial charge is 0.507 e. The number of phenolic OH excluding ortho intramolecular Hbond substituents is 1. The third-order valence-corrected chi connectivity index (χ3v) is 5.11. The molecule has 156 valence electrons. The fourth-order valence-corrected chi connectivity index (χ4v) is 3.49. The number of hydrogen-bond donors (Lipinski definition) is 2. The van der Waals surface area contributed by atoms with Gasteiger partial charge >= 0.3 is 5.97 Å². The quantitative estimate of drug-likeness (QED) is 0.474. The maximum absolute atomic E-state index is 14.2. The average molecular weight is 453 g/mol. The van der Waals surface area contributed by atoms with Crippen molar-refractivity contribution in [1.29, 1.82) is 0 Å². The van der Waals surface area contributed by atoms with Gasteiger partial charge in [-0.25, -0.2) is 13.6 Å². The monoisotopic (exact) mass is 452 g/mol. The molecule has 0 spiro atoms. The number of halogens is 4. The van der Waals surface area contributed by atoms with Crippen LogP contribution in [-0.4, -0.2) is 22.3 Å². The summed E-state index contributed by atoms with van der Waals surface area (Å²) in [5.41, 5.74) is 1.47. The summed E-state index contributed by atoms with van der Waals surface area (Å²) < 4.78 is 32.6. The Hall–Kier alpha value is -2.83. The van der Waals surface area contributed by atoms with Gasteiger partial charge in [-0.1, -0.05) is 29.3 Å². The average Bonchev–Trinajstić information content (AvgIpc) is 2.66. The molecule has 0 amide bonds.